The molecule has 4 N–H and O–H groups in total. The number of nitrogens with one attached hydrogen (secondary N) is 2. The van der Waals surface area contributed by atoms with Crippen LogP contribution in [0.15, 0.2) is 34.2 Å². The number of hydrazone groups is 1. The Morgan fingerprint density at radius 2 is 2.18 bits per heavy atom. The Morgan fingerprint density at radius 1 is 1.41 bits per heavy atom. The highest BCUT2D eigenvalue weighted by molar-refractivity contribution is 7.71. The topological polar surface area (TPSA) is 103 Å². The standard InChI is InChI=1S/C14H14N4O3S/c1-18-13(21)11(12(20)15-14(18)22)10-6-9(16-17-10)7-3-2-4-8(19)5-7/h2-5,9,16,19,21H,6H2,1H3,(H,15,20,22)/t9-/m1/s1. The number of phenolic OH excluding ortho intramolecular Hbond substituents is 1. The van der Waals surface area contributed by atoms with Gasteiger partial charge in [-0.2, -0.15) is 5.10 Å². The van der Waals surface area contributed by atoms with Gasteiger partial charge in [0, 0.05) is 13.5 Å². The first-order chi connectivity index (χ1) is 10.5. The molecule has 0 aliphatic carbocycles. The van der Waals surface area contributed by atoms with Crippen LogP contribution >= 0.6 is 12.2 Å². The van der Waals surface area contributed by atoms with Gasteiger partial charge in [0.1, 0.15) is 11.3 Å². The third-order valence-corrected chi connectivity index (χ3v) is 3.98. The summed E-state index contributed by atoms with van der Waals surface area (Å²) in [6.07, 6.45) is 0.414. The second kappa shape index (κ2) is 5.30. The summed E-state index contributed by atoms with van der Waals surface area (Å²) in [5, 5.41) is 23.8. The Bertz CT molecular complexity index is 884. The van der Waals surface area contributed by atoms with Crippen LogP contribution in [0.4, 0.5) is 0 Å². The lowest BCUT2D eigenvalue weighted by Crippen LogP contribution is -2.21. The molecule has 0 saturated carbocycles. The van der Waals surface area contributed by atoms with Gasteiger partial charge in [-0.25, -0.2) is 0 Å². The monoisotopic (exact) mass is 318 g/mol. The molecule has 0 saturated heterocycles. The average Bonchev–Trinajstić information content (AvgIpc) is 2.94. The minimum Gasteiger partial charge on any atom is -0.508 e. The molecule has 0 unspecified atom stereocenters. The average molecular weight is 318 g/mol. The van der Waals surface area contributed by atoms with Crippen molar-refractivity contribution in [3.8, 4) is 11.6 Å². The number of hydrogen-bond acceptors (Lipinski definition) is 6. The fourth-order valence-corrected chi connectivity index (χ4v) is 2.58. The van der Waals surface area contributed by atoms with E-state index in [1.165, 1.54) is 4.57 Å². The Balaban J connectivity index is 1.95. The number of aromatic nitrogens is 2. The Labute approximate surface area is 130 Å². The second-order valence-corrected chi connectivity index (χ2v) is 5.44. The summed E-state index contributed by atoms with van der Waals surface area (Å²) >= 11 is 4.94. The van der Waals surface area contributed by atoms with Gasteiger partial charge < -0.3 is 15.6 Å². The van der Waals surface area contributed by atoms with Crippen LogP contribution in [0.25, 0.3) is 0 Å². The highest BCUT2D eigenvalue weighted by Crippen LogP contribution is 2.27. The van der Waals surface area contributed by atoms with Crippen molar-refractivity contribution >= 4 is 17.9 Å². The first-order valence-corrected chi connectivity index (χ1v) is 7.02. The summed E-state index contributed by atoms with van der Waals surface area (Å²) in [4.78, 5) is 14.6. The number of aromatic amines is 1. The number of hydrogen-bond donors (Lipinski definition) is 4. The third-order valence-electron chi connectivity index (χ3n) is 3.61. The maximum Gasteiger partial charge on any atom is 0.264 e. The predicted molar refractivity (Wildman–Crippen MR) is 83.7 cm³/mol. The van der Waals surface area contributed by atoms with Crippen molar-refractivity contribution in [3.63, 3.8) is 0 Å². The number of rotatable bonds is 2. The molecule has 0 spiro atoms. The van der Waals surface area contributed by atoms with Crippen LogP contribution in [0.1, 0.15) is 23.6 Å². The molecule has 1 aromatic heterocycles. The minimum absolute atomic E-state index is 0.103. The van der Waals surface area contributed by atoms with Crippen molar-refractivity contribution in [1.82, 2.24) is 15.0 Å². The van der Waals surface area contributed by atoms with E-state index in [1.54, 1.807) is 25.2 Å². The van der Waals surface area contributed by atoms with E-state index in [4.69, 9.17) is 12.2 Å². The number of nitrogens with zero attached hydrogens (tertiary/aromatic N) is 2. The van der Waals surface area contributed by atoms with Crippen LogP contribution < -0.4 is 11.0 Å². The van der Waals surface area contributed by atoms with Crippen molar-refractivity contribution < 1.29 is 10.2 Å². The second-order valence-electron chi connectivity index (χ2n) is 5.06. The smallest absolute Gasteiger partial charge is 0.264 e. The van der Waals surface area contributed by atoms with Crippen LogP contribution in [0.2, 0.25) is 0 Å². The molecule has 0 radical (unpaired) electrons. The third kappa shape index (κ3) is 2.37. The molecular weight excluding hydrogens is 304 g/mol. The first-order valence-electron chi connectivity index (χ1n) is 6.61. The molecular formula is C14H14N4O3S. The number of H-pyrrole nitrogens is 1. The summed E-state index contributed by atoms with van der Waals surface area (Å²) in [5.41, 5.74) is 3.83. The SMILES string of the molecule is Cn1c(O)c(C2=NN[C@@H](c3cccc(O)c3)C2)c(=O)[nH]c1=S. The molecule has 8 heteroatoms. The van der Waals surface area contributed by atoms with Crippen LogP contribution in [0, 0.1) is 4.77 Å². The van der Waals surface area contributed by atoms with Crippen LogP contribution in [-0.2, 0) is 7.05 Å². The Kier molecular flexibility index (Phi) is 3.45. The van der Waals surface area contributed by atoms with E-state index in [0.717, 1.165) is 5.56 Å². The Hall–Kier alpha value is -2.61. The molecule has 2 aromatic rings. The molecule has 114 valence electrons. The molecule has 1 aromatic carbocycles. The van der Waals surface area contributed by atoms with E-state index in [-0.39, 0.29) is 28.0 Å². The van der Waals surface area contributed by atoms with E-state index in [0.29, 0.717) is 12.1 Å². The van der Waals surface area contributed by atoms with Crippen LogP contribution in [-0.4, -0.2) is 25.5 Å². The molecule has 22 heavy (non-hydrogen) atoms. The number of phenols is 1. The zero-order valence-electron chi connectivity index (χ0n) is 11.7. The normalized spacial score (nSPS) is 17.1. The lowest BCUT2D eigenvalue weighted by Gasteiger charge is -2.11. The zero-order chi connectivity index (χ0) is 15.9. The molecule has 2 heterocycles. The van der Waals surface area contributed by atoms with Gasteiger partial charge in [0.05, 0.1) is 11.8 Å². The molecule has 0 fully saturated rings. The largest absolute Gasteiger partial charge is 0.508 e. The van der Waals surface area contributed by atoms with Gasteiger partial charge in [-0.1, -0.05) is 12.1 Å². The lowest BCUT2D eigenvalue weighted by molar-refractivity contribution is 0.419. The highest BCUT2D eigenvalue weighted by atomic mass is 32.1. The predicted octanol–water partition coefficient (Wildman–Crippen LogP) is 1.29. The van der Waals surface area contributed by atoms with Crippen molar-refractivity contribution in [1.29, 1.82) is 0 Å². The van der Waals surface area contributed by atoms with Gasteiger partial charge in [0.2, 0.25) is 5.88 Å². The fourth-order valence-electron chi connectivity index (χ4n) is 2.40. The molecule has 0 bridgehead atoms. The lowest BCUT2D eigenvalue weighted by atomic mass is 10.00. The van der Waals surface area contributed by atoms with E-state index >= 15 is 0 Å². The van der Waals surface area contributed by atoms with Crippen molar-refractivity contribution in [3.05, 3.63) is 50.5 Å². The van der Waals surface area contributed by atoms with E-state index in [1.807, 2.05) is 6.07 Å². The van der Waals surface area contributed by atoms with Gasteiger partial charge in [-0.15, -0.1) is 0 Å². The quantitative estimate of drug-likeness (QED) is 0.625. The first kappa shape index (κ1) is 14.3. The van der Waals surface area contributed by atoms with Crippen molar-refractivity contribution in [2.75, 3.05) is 0 Å². The maximum absolute atomic E-state index is 12.1. The molecule has 3 rings (SSSR count). The van der Waals surface area contributed by atoms with Gasteiger partial charge in [-0.3, -0.25) is 14.3 Å². The van der Waals surface area contributed by atoms with Crippen LogP contribution in [0.3, 0.4) is 0 Å². The molecule has 7 nitrogen and oxygen atoms in total. The molecule has 1 aliphatic heterocycles. The molecule has 0 amide bonds. The Morgan fingerprint density at radius 3 is 2.91 bits per heavy atom. The summed E-state index contributed by atoms with van der Waals surface area (Å²) in [6.45, 7) is 0. The molecule has 1 atom stereocenters. The van der Waals surface area contributed by atoms with Gasteiger partial charge in [-0.05, 0) is 29.9 Å². The number of aromatic hydroxyl groups is 2. The zero-order valence-corrected chi connectivity index (χ0v) is 12.5. The summed E-state index contributed by atoms with van der Waals surface area (Å²) in [6, 6.07) is 6.63. The van der Waals surface area contributed by atoms with Gasteiger partial charge in [0.25, 0.3) is 5.56 Å². The van der Waals surface area contributed by atoms with Crippen LogP contribution in [0.5, 0.6) is 11.6 Å². The fraction of sp³-hybridized carbons (Fsp3) is 0.214. The minimum atomic E-state index is -0.474. The number of benzene rings is 1. The van der Waals surface area contributed by atoms with Crippen molar-refractivity contribution in [2.45, 2.75) is 12.5 Å². The van der Waals surface area contributed by atoms with E-state index in [9.17, 15) is 15.0 Å². The van der Waals surface area contributed by atoms with E-state index < -0.39 is 5.56 Å². The van der Waals surface area contributed by atoms with Gasteiger partial charge >= 0.3 is 0 Å². The summed E-state index contributed by atoms with van der Waals surface area (Å²) in [5.74, 6) is -0.0545. The highest BCUT2D eigenvalue weighted by Gasteiger charge is 2.26. The summed E-state index contributed by atoms with van der Waals surface area (Å²) in [7, 11) is 1.56. The summed E-state index contributed by atoms with van der Waals surface area (Å²) < 4.78 is 1.46. The van der Waals surface area contributed by atoms with E-state index in [2.05, 4.69) is 15.5 Å². The maximum atomic E-state index is 12.1. The van der Waals surface area contributed by atoms with Crippen molar-refractivity contribution in [2.24, 2.45) is 12.1 Å². The molecule has 1 aliphatic rings. The van der Waals surface area contributed by atoms with Gasteiger partial charge in [0.15, 0.2) is 4.77 Å².